The van der Waals surface area contributed by atoms with Crippen LogP contribution < -0.4 is 5.32 Å². The number of hydrogen-bond acceptors (Lipinski definition) is 7. The van der Waals surface area contributed by atoms with Crippen LogP contribution in [0.5, 0.6) is 0 Å². The first kappa shape index (κ1) is 17.5. The Morgan fingerprint density at radius 1 is 1.22 bits per heavy atom. The first-order valence-electron chi connectivity index (χ1n) is 8.11. The molecule has 7 nitrogen and oxygen atoms in total. The molecule has 27 heavy (non-hydrogen) atoms. The molecule has 4 rings (SSSR count). The smallest absolute Gasteiger partial charge is 0.277 e. The van der Waals surface area contributed by atoms with Crippen LogP contribution in [0.1, 0.15) is 5.69 Å². The number of carbonyl (C=O) groups is 1. The number of aryl methyl sites for hydroxylation is 1. The van der Waals surface area contributed by atoms with Gasteiger partial charge in [0.1, 0.15) is 5.82 Å². The summed E-state index contributed by atoms with van der Waals surface area (Å²) in [6.07, 6.45) is 0. The second kappa shape index (κ2) is 7.77. The Bertz CT molecular complexity index is 1040. The summed E-state index contributed by atoms with van der Waals surface area (Å²) in [5.41, 5.74) is 1.70. The van der Waals surface area contributed by atoms with Gasteiger partial charge in [0.05, 0.1) is 22.0 Å². The maximum atomic E-state index is 12.4. The van der Waals surface area contributed by atoms with Gasteiger partial charge in [-0.3, -0.25) is 4.79 Å². The predicted molar refractivity (Wildman–Crippen MR) is 105 cm³/mol. The van der Waals surface area contributed by atoms with Gasteiger partial charge in [0.25, 0.3) is 11.1 Å². The molecule has 0 spiro atoms. The monoisotopic (exact) mass is 397 g/mol. The van der Waals surface area contributed by atoms with E-state index in [2.05, 4.69) is 20.6 Å². The van der Waals surface area contributed by atoms with Gasteiger partial charge >= 0.3 is 0 Å². The van der Waals surface area contributed by atoms with Gasteiger partial charge < -0.3 is 9.73 Å². The van der Waals surface area contributed by atoms with Crippen LogP contribution in [0.3, 0.4) is 0 Å². The minimum absolute atomic E-state index is 0.158. The highest BCUT2D eigenvalue weighted by Gasteiger charge is 2.14. The SMILES string of the molecule is Cc1cc(NC(=O)CSc2nnc(-c3cccs3)o2)n(-c2ccccc2)n1. The second-order valence-electron chi connectivity index (χ2n) is 5.61. The Balaban J connectivity index is 1.40. The summed E-state index contributed by atoms with van der Waals surface area (Å²) in [6.45, 7) is 1.88. The number of nitrogens with zero attached hydrogens (tertiary/aromatic N) is 4. The zero-order valence-electron chi connectivity index (χ0n) is 14.3. The van der Waals surface area contributed by atoms with Gasteiger partial charge in [-0.1, -0.05) is 36.0 Å². The molecular formula is C18H15N5O2S2. The van der Waals surface area contributed by atoms with Crippen molar-refractivity contribution in [2.75, 3.05) is 11.1 Å². The van der Waals surface area contributed by atoms with E-state index in [1.165, 1.54) is 23.1 Å². The topological polar surface area (TPSA) is 85.8 Å². The van der Waals surface area contributed by atoms with Crippen molar-refractivity contribution in [3.8, 4) is 16.5 Å². The maximum absolute atomic E-state index is 12.4. The quantitative estimate of drug-likeness (QED) is 0.495. The highest BCUT2D eigenvalue weighted by molar-refractivity contribution is 7.99. The zero-order valence-corrected chi connectivity index (χ0v) is 16.0. The molecular weight excluding hydrogens is 382 g/mol. The fourth-order valence-corrected chi connectivity index (χ4v) is 3.64. The van der Waals surface area contributed by atoms with E-state index in [4.69, 9.17) is 4.42 Å². The molecule has 0 unspecified atom stereocenters. The molecule has 0 aliphatic rings. The van der Waals surface area contributed by atoms with Crippen molar-refractivity contribution in [3.05, 3.63) is 59.6 Å². The van der Waals surface area contributed by atoms with Gasteiger partial charge in [-0.2, -0.15) is 5.10 Å². The van der Waals surface area contributed by atoms with Crippen molar-refractivity contribution in [2.24, 2.45) is 0 Å². The number of hydrogen-bond donors (Lipinski definition) is 1. The fourth-order valence-electron chi connectivity index (χ4n) is 2.43. The molecule has 136 valence electrons. The highest BCUT2D eigenvalue weighted by Crippen LogP contribution is 2.26. The summed E-state index contributed by atoms with van der Waals surface area (Å²) >= 11 is 2.72. The molecule has 0 aliphatic heterocycles. The van der Waals surface area contributed by atoms with Crippen LogP contribution in [0.2, 0.25) is 0 Å². The van der Waals surface area contributed by atoms with E-state index >= 15 is 0 Å². The number of aromatic nitrogens is 4. The average molecular weight is 397 g/mol. The van der Waals surface area contributed by atoms with Crippen molar-refractivity contribution in [3.63, 3.8) is 0 Å². The predicted octanol–water partition coefficient (Wildman–Crippen LogP) is 4.02. The molecule has 1 N–H and O–H groups in total. The number of thioether (sulfide) groups is 1. The Kier molecular flexibility index (Phi) is 5.03. The number of anilines is 1. The van der Waals surface area contributed by atoms with Crippen LogP contribution in [0.4, 0.5) is 5.82 Å². The number of para-hydroxylation sites is 1. The van der Waals surface area contributed by atoms with Gasteiger partial charge in [0.2, 0.25) is 5.91 Å². The fraction of sp³-hybridized carbons (Fsp3) is 0.111. The lowest BCUT2D eigenvalue weighted by Gasteiger charge is -2.08. The van der Waals surface area contributed by atoms with Gasteiger partial charge in [0, 0.05) is 6.07 Å². The summed E-state index contributed by atoms with van der Waals surface area (Å²) < 4.78 is 7.29. The van der Waals surface area contributed by atoms with Crippen LogP contribution in [0, 0.1) is 6.92 Å². The largest absolute Gasteiger partial charge is 0.410 e. The normalized spacial score (nSPS) is 10.9. The van der Waals surface area contributed by atoms with E-state index in [1.807, 2.05) is 60.8 Å². The molecule has 0 saturated carbocycles. The highest BCUT2D eigenvalue weighted by atomic mass is 32.2. The molecule has 3 aromatic heterocycles. The molecule has 3 heterocycles. The number of benzene rings is 1. The minimum atomic E-state index is -0.173. The third-order valence-electron chi connectivity index (χ3n) is 3.56. The van der Waals surface area contributed by atoms with Crippen molar-refractivity contribution in [2.45, 2.75) is 12.1 Å². The minimum Gasteiger partial charge on any atom is -0.410 e. The molecule has 0 fully saturated rings. The van der Waals surface area contributed by atoms with Crippen LogP contribution in [0.25, 0.3) is 16.5 Å². The lowest BCUT2D eigenvalue weighted by molar-refractivity contribution is -0.113. The van der Waals surface area contributed by atoms with E-state index in [0.717, 1.165) is 16.3 Å². The number of rotatable bonds is 6. The number of carbonyl (C=O) groups excluding carboxylic acids is 1. The van der Waals surface area contributed by atoms with Gasteiger partial charge in [0.15, 0.2) is 0 Å². The third kappa shape index (κ3) is 4.09. The van der Waals surface area contributed by atoms with Crippen molar-refractivity contribution in [1.29, 1.82) is 0 Å². The Morgan fingerprint density at radius 3 is 2.85 bits per heavy atom. The Labute approximate surface area is 163 Å². The maximum Gasteiger partial charge on any atom is 0.277 e. The van der Waals surface area contributed by atoms with Crippen LogP contribution in [-0.4, -0.2) is 31.6 Å². The van der Waals surface area contributed by atoms with Crippen LogP contribution >= 0.6 is 23.1 Å². The van der Waals surface area contributed by atoms with Crippen LogP contribution in [-0.2, 0) is 4.79 Å². The van der Waals surface area contributed by atoms with Crippen molar-refractivity contribution in [1.82, 2.24) is 20.0 Å². The summed E-state index contributed by atoms with van der Waals surface area (Å²) in [7, 11) is 0. The molecule has 0 aliphatic carbocycles. The lowest BCUT2D eigenvalue weighted by atomic mass is 10.3. The summed E-state index contributed by atoms with van der Waals surface area (Å²) in [5, 5.41) is 17.6. The summed E-state index contributed by atoms with van der Waals surface area (Å²) in [4.78, 5) is 13.3. The van der Waals surface area contributed by atoms with Crippen molar-refractivity contribution >= 4 is 34.8 Å². The van der Waals surface area contributed by atoms with E-state index < -0.39 is 0 Å². The molecule has 0 bridgehead atoms. The van der Waals surface area contributed by atoms with Crippen LogP contribution in [0.15, 0.2) is 63.6 Å². The molecule has 4 aromatic rings. The van der Waals surface area contributed by atoms with Gasteiger partial charge in [-0.15, -0.1) is 21.5 Å². The van der Waals surface area contributed by atoms with E-state index in [0.29, 0.717) is 16.9 Å². The Morgan fingerprint density at radius 2 is 2.07 bits per heavy atom. The summed E-state index contributed by atoms with van der Waals surface area (Å²) in [6, 6.07) is 15.3. The molecule has 0 radical (unpaired) electrons. The molecule has 0 atom stereocenters. The Hall–Kier alpha value is -2.91. The zero-order chi connectivity index (χ0) is 18.6. The molecule has 9 heteroatoms. The first-order valence-corrected chi connectivity index (χ1v) is 9.98. The van der Waals surface area contributed by atoms with E-state index in [1.54, 1.807) is 4.68 Å². The van der Waals surface area contributed by atoms with Gasteiger partial charge in [-0.25, -0.2) is 4.68 Å². The molecule has 1 amide bonds. The number of thiophene rings is 1. The van der Waals surface area contributed by atoms with Crippen molar-refractivity contribution < 1.29 is 9.21 Å². The molecule has 0 saturated heterocycles. The number of nitrogens with one attached hydrogen (secondary N) is 1. The second-order valence-corrected chi connectivity index (χ2v) is 7.48. The van der Waals surface area contributed by atoms with E-state index in [9.17, 15) is 4.79 Å². The lowest BCUT2D eigenvalue weighted by Crippen LogP contribution is -2.16. The van der Waals surface area contributed by atoms with Gasteiger partial charge in [-0.05, 0) is 30.5 Å². The molecule has 1 aromatic carbocycles. The average Bonchev–Trinajstić information content (AvgIpc) is 3.41. The van der Waals surface area contributed by atoms with E-state index in [-0.39, 0.29) is 11.7 Å². The third-order valence-corrected chi connectivity index (χ3v) is 5.24. The summed E-state index contributed by atoms with van der Waals surface area (Å²) in [5.74, 6) is 1.07. The standard InChI is InChI=1S/C18H15N5O2S2/c1-12-10-15(23(22-12)13-6-3-2-4-7-13)19-16(24)11-27-18-21-20-17(25-18)14-8-5-9-26-14/h2-10H,11H2,1H3,(H,19,24). The number of amides is 1. The first-order chi connectivity index (χ1) is 13.2.